The Hall–Kier alpha value is -0.510. The van der Waals surface area contributed by atoms with Crippen molar-refractivity contribution in [3.05, 3.63) is 35.9 Å². The van der Waals surface area contributed by atoms with E-state index < -0.39 is 0 Å². The Labute approximate surface area is 109 Å². The lowest BCUT2D eigenvalue weighted by molar-refractivity contribution is 0.184. The van der Waals surface area contributed by atoms with Crippen LogP contribution in [0.2, 0.25) is 0 Å². The molecule has 1 aliphatic heterocycles. The molecule has 1 N–H and O–H groups in total. The summed E-state index contributed by atoms with van der Waals surface area (Å²) in [7, 11) is 0. The molecule has 1 aliphatic rings. The molecule has 1 aromatic rings. The Kier molecular flexibility index (Phi) is 5.36. The maximum atomic E-state index is 3.43. The maximum Gasteiger partial charge on any atom is 0.0193 e. The van der Waals surface area contributed by atoms with Crippen molar-refractivity contribution in [1.82, 2.24) is 10.2 Å². The molecule has 2 nitrogen and oxygen atoms in total. The van der Waals surface area contributed by atoms with Crippen molar-refractivity contribution in [3.8, 4) is 0 Å². The highest BCUT2D eigenvalue weighted by atomic mass is 32.2. The van der Waals surface area contributed by atoms with E-state index in [1.165, 1.54) is 24.4 Å². The lowest BCUT2D eigenvalue weighted by Gasteiger charge is -2.33. The molecule has 1 heterocycles. The summed E-state index contributed by atoms with van der Waals surface area (Å²) in [5.74, 6) is 2.38. The third kappa shape index (κ3) is 4.34. The topological polar surface area (TPSA) is 15.3 Å². The van der Waals surface area contributed by atoms with E-state index in [0.717, 1.165) is 18.8 Å². The van der Waals surface area contributed by atoms with Gasteiger partial charge < -0.3 is 5.32 Å². The molecular formula is C14H22N2S. The van der Waals surface area contributed by atoms with Gasteiger partial charge >= 0.3 is 0 Å². The van der Waals surface area contributed by atoms with Crippen LogP contribution in [0, 0.1) is 0 Å². The Morgan fingerprint density at radius 1 is 1.35 bits per heavy atom. The van der Waals surface area contributed by atoms with Crippen molar-refractivity contribution >= 4 is 11.8 Å². The smallest absolute Gasteiger partial charge is 0.0193 e. The standard InChI is InChI=1S/C14H22N2S/c1-13-11-15-7-8-16(13)9-10-17-12-14-5-3-2-4-6-14/h2-6,13,15H,7-12H2,1H3/t13-/m1/s1. The van der Waals surface area contributed by atoms with Crippen LogP contribution >= 0.6 is 11.8 Å². The first kappa shape index (κ1) is 12.9. The molecule has 1 saturated heterocycles. The summed E-state index contributed by atoms with van der Waals surface area (Å²) in [5.41, 5.74) is 1.44. The fourth-order valence-corrected chi connectivity index (χ4v) is 3.10. The van der Waals surface area contributed by atoms with Crippen molar-refractivity contribution in [2.24, 2.45) is 0 Å². The van der Waals surface area contributed by atoms with Gasteiger partial charge in [-0.3, -0.25) is 4.90 Å². The lowest BCUT2D eigenvalue weighted by Crippen LogP contribution is -2.50. The van der Waals surface area contributed by atoms with Crippen LogP contribution in [0.15, 0.2) is 30.3 Å². The molecule has 0 amide bonds. The molecule has 0 bridgehead atoms. The Balaban J connectivity index is 1.63. The summed E-state index contributed by atoms with van der Waals surface area (Å²) < 4.78 is 0. The lowest BCUT2D eigenvalue weighted by atomic mass is 10.2. The number of thioether (sulfide) groups is 1. The van der Waals surface area contributed by atoms with E-state index in [1.807, 2.05) is 11.8 Å². The molecule has 0 radical (unpaired) electrons. The Bertz CT molecular complexity index is 315. The predicted octanol–water partition coefficient (Wildman–Crippen LogP) is 2.21. The van der Waals surface area contributed by atoms with E-state index in [1.54, 1.807) is 0 Å². The molecule has 1 aromatic carbocycles. The fraction of sp³-hybridized carbons (Fsp3) is 0.571. The number of piperazine rings is 1. The van der Waals surface area contributed by atoms with Gasteiger partial charge in [-0.25, -0.2) is 0 Å². The molecular weight excluding hydrogens is 228 g/mol. The summed E-state index contributed by atoms with van der Waals surface area (Å²) in [4.78, 5) is 2.59. The van der Waals surface area contributed by atoms with Crippen LogP contribution < -0.4 is 5.32 Å². The molecule has 1 atom stereocenters. The monoisotopic (exact) mass is 250 g/mol. The van der Waals surface area contributed by atoms with Crippen molar-refractivity contribution in [2.75, 3.05) is 31.9 Å². The fourth-order valence-electron chi connectivity index (χ4n) is 2.16. The number of rotatable bonds is 5. The summed E-state index contributed by atoms with van der Waals surface area (Å²) >= 11 is 2.04. The first-order valence-electron chi connectivity index (χ1n) is 6.42. The zero-order chi connectivity index (χ0) is 11.9. The highest BCUT2D eigenvalue weighted by Crippen LogP contribution is 2.12. The number of benzene rings is 1. The van der Waals surface area contributed by atoms with Gasteiger partial charge in [-0.05, 0) is 12.5 Å². The van der Waals surface area contributed by atoms with Gasteiger partial charge in [0.15, 0.2) is 0 Å². The molecule has 3 heteroatoms. The minimum atomic E-state index is 0.695. The molecule has 0 aromatic heterocycles. The van der Waals surface area contributed by atoms with E-state index in [2.05, 4.69) is 47.5 Å². The summed E-state index contributed by atoms with van der Waals surface area (Å²) in [6, 6.07) is 11.4. The van der Waals surface area contributed by atoms with E-state index >= 15 is 0 Å². The molecule has 0 saturated carbocycles. The number of hydrogen-bond donors (Lipinski definition) is 1. The second kappa shape index (κ2) is 7.04. The number of nitrogens with one attached hydrogen (secondary N) is 1. The van der Waals surface area contributed by atoms with Crippen molar-refractivity contribution < 1.29 is 0 Å². The highest BCUT2D eigenvalue weighted by Gasteiger charge is 2.16. The molecule has 1 fully saturated rings. The number of hydrogen-bond acceptors (Lipinski definition) is 3. The van der Waals surface area contributed by atoms with Crippen LogP contribution in [-0.4, -0.2) is 42.9 Å². The van der Waals surface area contributed by atoms with Crippen LogP contribution in [0.25, 0.3) is 0 Å². The van der Waals surface area contributed by atoms with Gasteiger partial charge in [-0.1, -0.05) is 30.3 Å². The third-order valence-corrected chi connectivity index (χ3v) is 4.28. The second-order valence-electron chi connectivity index (χ2n) is 4.63. The Morgan fingerprint density at radius 3 is 2.94 bits per heavy atom. The summed E-state index contributed by atoms with van der Waals surface area (Å²) in [5, 5.41) is 3.43. The quantitative estimate of drug-likeness (QED) is 0.807. The van der Waals surface area contributed by atoms with Crippen LogP contribution in [0.3, 0.4) is 0 Å². The van der Waals surface area contributed by atoms with E-state index in [0.29, 0.717) is 6.04 Å². The van der Waals surface area contributed by atoms with Crippen molar-refractivity contribution in [2.45, 2.75) is 18.7 Å². The van der Waals surface area contributed by atoms with Gasteiger partial charge in [-0.2, -0.15) is 11.8 Å². The van der Waals surface area contributed by atoms with Gasteiger partial charge in [0.05, 0.1) is 0 Å². The Morgan fingerprint density at radius 2 is 2.18 bits per heavy atom. The molecule has 2 rings (SSSR count). The molecule has 94 valence electrons. The average molecular weight is 250 g/mol. The molecule has 0 aliphatic carbocycles. The largest absolute Gasteiger partial charge is 0.314 e. The first-order valence-corrected chi connectivity index (χ1v) is 7.58. The average Bonchev–Trinajstić information content (AvgIpc) is 2.38. The SMILES string of the molecule is C[C@@H]1CNCCN1CCSCc1ccccc1. The third-order valence-electron chi connectivity index (χ3n) is 3.27. The minimum Gasteiger partial charge on any atom is -0.314 e. The van der Waals surface area contributed by atoms with Crippen molar-refractivity contribution in [1.29, 1.82) is 0 Å². The summed E-state index contributed by atoms with van der Waals surface area (Å²) in [6.45, 7) is 7.03. The first-order chi connectivity index (χ1) is 8.36. The van der Waals surface area contributed by atoms with Crippen LogP contribution in [-0.2, 0) is 5.75 Å². The number of nitrogens with zero attached hydrogens (tertiary/aromatic N) is 1. The normalized spacial score (nSPS) is 21.6. The van der Waals surface area contributed by atoms with Gasteiger partial charge in [0, 0.05) is 43.7 Å². The van der Waals surface area contributed by atoms with Crippen LogP contribution in [0.1, 0.15) is 12.5 Å². The predicted molar refractivity (Wildman–Crippen MR) is 76.5 cm³/mol. The molecule has 17 heavy (non-hydrogen) atoms. The van der Waals surface area contributed by atoms with Gasteiger partial charge in [0.2, 0.25) is 0 Å². The maximum absolute atomic E-state index is 3.43. The zero-order valence-electron chi connectivity index (χ0n) is 10.6. The van der Waals surface area contributed by atoms with E-state index in [4.69, 9.17) is 0 Å². The second-order valence-corrected chi connectivity index (χ2v) is 5.73. The van der Waals surface area contributed by atoms with E-state index in [-0.39, 0.29) is 0 Å². The van der Waals surface area contributed by atoms with Crippen molar-refractivity contribution in [3.63, 3.8) is 0 Å². The molecule has 0 unspecified atom stereocenters. The van der Waals surface area contributed by atoms with Crippen LogP contribution in [0.4, 0.5) is 0 Å². The molecule has 0 spiro atoms. The van der Waals surface area contributed by atoms with E-state index in [9.17, 15) is 0 Å². The van der Waals surface area contributed by atoms with Gasteiger partial charge in [-0.15, -0.1) is 0 Å². The minimum absolute atomic E-state index is 0.695. The highest BCUT2D eigenvalue weighted by molar-refractivity contribution is 7.98. The van der Waals surface area contributed by atoms with Gasteiger partial charge in [0.1, 0.15) is 0 Å². The van der Waals surface area contributed by atoms with Gasteiger partial charge in [0.25, 0.3) is 0 Å². The summed E-state index contributed by atoms with van der Waals surface area (Å²) in [6.07, 6.45) is 0. The zero-order valence-corrected chi connectivity index (χ0v) is 11.4. The van der Waals surface area contributed by atoms with Crippen LogP contribution in [0.5, 0.6) is 0 Å².